The van der Waals surface area contributed by atoms with E-state index in [2.05, 4.69) is 15.3 Å². The van der Waals surface area contributed by atoms with Crippen molar-refractivity contribution in [2.75, 3.05) is 0 Å². The van der Waals surface area contributed by atoms with Crippen molar-refractivity contribution in [2.45, 2.75) is 0 Å². The average Bonchev–Trinajstić information content (AvgIpc) is 3.18. The number of nitrogens with zero attached hydrogens (tertiary/aromatic N) is 3. The Labute approximate surface area is 300 Å². The molecule has 0 spiro atoms. The molecular formula is C22H6Cl8N4Na2O2. The number of benzene rings is 3. The maximum atomic E-state index is 12.4. The van der Waals surface area contributed by atoms with Crippen LogP contribution in [0.4, 0.5) is 11.4 Å². The zero-order valence-corrected chi connectivity index (χ0v) is 29.1. The van der Waals surface area contributed by atoms with Gasteiger partial charge in [-0.2, -0.15) is 11.6 Å². The molecule has 38 heavy (non-hydrogen) atoms. The topological polar surface area (TPSA) is 99.0 Å². The van der Waals surface area contributed by atoms with Crippen LogP contribution in [-0.4, -0.2) is 23.9 Å². The summed E-state index contributed by atoms with van der Waals surface area (Å²) in [6.07, 6.45) is 1.65. The minimum absolute atomic E-state index is 0. The summed E-state index contributed by atoms with van der Waals surface area (Å²) < 4.78 is 0. The molecule has 0 aliphatic carbocycles. The van der Waals surface area contributed by atoms with Gasteiger partial charge in [0.05, 0.1) is 42.9 Å². The second-order valence-corrected chi connectivity index (χ2v) is 10.0. The number of amides is 1. The van der Waals surface area contributed by atoms with Crippen molar-refractivity contribution in [1.82, 2.24) is 0 Å². The molecule has 3 aromatic carbocycles. The van der Waals surface area contributed by atoms with Gasteiger partial charge in [0.25, 0.3) is 0 Å². The Morgan fingerprint density at radius 3 is 1.74 bits per heavy atom. The van der Waals surface area contributed by atoms with Gasteiger partial charge in [-0.3, -0.25) is 4.79 Å². The van der Waals surface area contributed by atoms with Gasteiger partial charge in [-0.05, 0) is 28.7 Å². The van der Waals surface area contributed by atoms with Gasteiger partial charge in [0.2, 0.25) is 0 Å². The van der Waals surface area contributed by atoms with Crippen LogP contribution >= 0.6 is 92.8 Å². The van der Waals surface area contributed by atoms with E-state index in [-0.39, 0.29) is 133 Å². The molecule has 2 N–H and O–H groups in total. The van der Waals surface area contributed by atoms with Crippen LogP contribution in [0.2, 0.25) is 40.2 Å². The summed E-state index contributed by atoms with van der Waals surface area (Å²) >= 11 is 49.0. The second kappa shape index (κ2) is 14.0. The number of fused-ring (bicyclic) bond motifs is 1. The van der Waals surface area contributed by atoms with Crippen LogP contribution in [0.25, 0.3) is 5.32 Å². The third-order valence-electron chi connectivity index (χ3n) is 4.87. The van der Waals surface area contributed by atoms with Gasteiger partial charge in [0, 0.05) is 21.2 Å². The summed E-state index contributed by atoms with van der Waals surface area (Å²) in [7, 11) is 0. The molecule has 1 amide bonds. The molecule has 0 radical (unpaired) electrons. The first-order chi connectivity index (χ1) is 17.0. The molecule has 4 rings (SSSR count). The third kappa shape index (κ3) is 6.35. The minimum atomic E-state index is -0.650. The van der Waals surface area contributed by atoms with Gasteiger partial charge in [-0.1, -0.05) is 98.9 Å². The van der Waals surface area contributed by atoms with Gasteiger partial charge in [-0.25, -0.2) is 4.99 Å². The van der Waals surface area contributed by atoms with Crippen LogP contribution < -0.4 is 64.8 Å². The molecule has 16 heteroatoms. The molecule has 1 aliphatic rings. The Kier molecular flexibility index (Phi) is 12.7. The van der Waals surface area contributed by atoms with Crippen LogP contribution in [0.5, 0.6) is 0 Å². The SMILES string of the molecule is NC(=Nc1ccc(N=C2[N-]C(=O)c3c(Cl)c(Cl)c(Cl)c(Cl)c32)cc1)c1c(Cl)c(Cl)c(Cl)c(Cl)c1[C-]=O.[Na+].[Na+]. The van der Waals surface area contributed by atoms with E-state index in [4.69, 9.17) is 98.5 Å². The molecule has 1 aliphatic heterocycles. The molecule has 0 aromatic heterocycles. The van der Waals surface area contributed by atoms with Crippen molar-refractivity contribution < 1.29 is 68.7 Å². The monoisotopic (exact) mass is 684 g/mol. The van der Waals surface area contributed by atoms with Gasteiger partial charge >= 0.3 is 59.1 Å². The molecular weight excluding hydrogens is 682 g/mol. The minimum Gasteiger partial charge on any atom is -0.436 e. The Morgan fingerprint density at radius 2 is 1.18 bits per heavy atom. The number of nitrogens with two attached hydrogens (primary N) is 1. The summed E-state index contributed by atoms with van der Waals surface area (Å²) in [6.45, 7) is 0. The van der Waals surface area contributed by atoms with Gasteiger partial charge in [-0.15, -0.1) is 5.56 Å². The standard InChI is InChI=1S/C22H7Cl8N4O2.2Na/c23-12-8(5-35)9(13(24)17(28)16(12)27)20(31)32-6-1-3-7(4-2-6)33-21-10-11(22(36)34-21)15(26)19(30)18(29)14(10)25;;/h1-4H,(H3,31,32,33,34,35,36);;/q-1;2*+1/p-1. The Bertz CT molecular complexity index is 1550. The first-order valence-electron chi connectivity index (χ1n) is 9.37. The number of carbonyl (C=O) groups excluding carboxylic acids is 2. The average molecular weight is 688 g/mol. The van der Waals surface area contributed by atoms with E-state index in [9.17, 15) is 9.59 Å². The van der Waals surface area contributed by atoms with E-state index >= 15 is 0 Å². The molecule has 3 aromatic rings. The summed E-state index contributed by atoms with van der Waals surface area (Å²) in [5.41, 5.74) is 6.84. The van der Waals surface area contributed by atoms with Gasteiger partial charge < -0.3 is 20.8 Å². The zero-order valence-electron chi connectivity index (χ0n) is 19.1. The Morgan fingerprint density at radius 1 is 0.711 bits per heavy atom. The molecule has 0 saturated carbocycles. The van der Waals surface area contributed by atoms with Crippen LogP contribution in [0.15, 0.2) is 34.3 Å². The Hall–Kier alpha value is 0.260. The van der Waals surface area contributed by atoms with E-state index in [0.29, 0.717) is 11.4 Å². The fourth-order valence-corrected chi connectivity index (χ4v) is 5.22. The first kappa shape index (κ1) is 34.5. The summed E-state index contributed by atoms with van der Waals surface area (Å²) in [5.74, 6) is -0.793. The van der Waals surface area contributed by atoms with Crippen LogP contribution in [0.1, 0.15) is 27.0 Å². The van der Waals surface area contributed by atoms with Crippen LogP contribution in [0.3, 0.4) is 0 Å². The van der Waals surface area contributed by atoms with Gasteiger partial charge in [0.15, 0.2) is 5.91 Å². The summed E-state index contributed by atoms with van der Waals surface area (Å²) in [4.78, 5) is 32.4. The van der Waals surface area contributed by atoms with Crippen LogP contribution in [-0.2, 0) is 4.79 Å². The normalized spacial score (nSPS) is 13.5. The number of carbonyl (C=O) groups is 1. The molecule has 6 nitrogen and oxygen atoms in total. The number of halogens is 8. The molecule has 0 fully saturated rings. The molecule has 1 heterocycles. The zero-order chi connectivity index (χ0) is 26.5. The maximum absolute atomic E-state index is 12.4. The molecule has 0 saturated heterocycles. The fourth-order valence-electron chi connectivity index (χ4n) is 3.22. The number of hydrogen-bond acceptors (Lipinski definition) is 4. The number of amidine groups is 2. The molecule has 0 atom stereocenters. The second-order valence-electron chi connectivity index (χ2n) is 6.98. The van der Waals surface area contributed by atoms with Crippen molar-refractivity contribution in [3.05, 3.63) is 92.0 Å². The van der Waals surface area contributed by atoms with E-state index in [0.717, 1.165) is 0 Å². The predicted octanol–water partition coefficient (Wildman–Crippen LogP) is 3.02. The van der Waals surface area contributed by atoms with E-state index < -0.39 is 5.91 Å². The molecule has 0 unspecified atom stereocenters. The third-order valence-corrected chi connectivity index (χ3v) is 8.48. The van der Waals surface area contributed by atoms with E-state index in [1.807, 2.05) is 0 Å². The van der Waals surface area contributed by atoms with Crippen LogP contribution in [0, 0.1) is 0 Å². The smallest absolute Gasteiger partial charge is 0.436 e. The number of aliphatic imine (C=N–C) groups is 2. The van der Waals surface area contributed by atoms with E-state index in [1.54, 1.807) is 30.6 Å². The largest absolute Gasteiger partial charge is 1.00 e. The fraction of sp³-hybridized carbons (Fsp3) is 0. The molecule has 0 bridgehead atoms. The first-order valence-corrected chi connectivity index (χ1v) is 12.4. The maximum Gasteiger partial charge on any atom is 1.00 e. The van der Waals surface area contributed by atoms with Gasteiger partial charge in [0.1, 0.15) is 0 Å². The van der Waals surface area contributed by atoms with Crippen molar-refractivity contribution >= 4 is 128 Å². The van der Waals surface area contributed by atoms with Crippen molar-refractivity contribution in [3.63, 3.8) is 0 Å². The summed E-state index contributed by atoms with van der Waals surface area (Å²) in [6, 6.07) is 6.26. The number of hydrogen-bond donors (Lipinski definition) is 1. The van der Waals surface area contributed by atoms with E-state index in [1.165, 1.54) is 0 Å². The quantitative estimate of drug-likeness (QED) is 0.114. The van der Waals surface area contributed by atoms with Crippen molar-refractivity contribution in [3.8, 4) is 0 Å². The number of rotatable bonds is 4. The van der Waals surface area contributed by atoms with Crippen molar-refractivity contribution in [1.29, 1.82) is 0 Å². The predicted molar refractivity (Wildman–Crippen MR) is 148 cm³/mol. The van der Waals surface area contributed by atoms with Crippen molar-refractivity contribution in [2.24, 2.45) is 15.7 Å². The Balaban J connectivity index is 0.00000253. The molecule has 184 valence electrons. The summed E-state index contributed by atoms with van der Waals surface area (Å²) in [5, 5.41) is 3.33.